The highest BCUT2D eigenvalue weighted by Gasteiger charge is 2.16. The largest absolute Gasteiger partial charge is 0.378 e. The first-order valence-electron chi connectivity index (χ1n) is 6.96. The number of ether oxygens (including phenoxy) is 1. The zero-order chi connectivity index (χ0) is 11.9. The van der Waals surface area contributed by atoms with Gasteiger partial charge in [-0.25, -0.2) is 0 Å². The zero-order valence-electron chi connectivity index (χ0n) is 11.1. The van der Waals surface area contributed by atoms with Crippen LogP contribution in [-0.2, 0) is 4.74 Å². The fraction of sp³-hybridized carbons (Fsp3) is 1.00. The number of nitrogens with two attached hydrogens (primary N) is 1. The molecule has 2 N–H and O–H groups in total. The van der Waals surface area contributed by atoms with Gasteiger partial charge in [0.15, 0.2) is 0 Å². The van der Waals surface area contributed by atoms with Gasteiger partial charge in [0, 0.05) is 6.61 Å². The van der Waals surface area contributed by atoms with Crippen molar-refractivity contribution in [1.29, 1.82) is 0 Å². The first kappa shape index (κ1) is 14.0. The number of hydrogen-bond acceptors (Lipinski definition) is 2. The van der Waals surface area contributed by atoms with Gasteiger partial charge in [0.2, 0.25) is 0 Å². The lowest BCUT2D eigenvalue weighted by atomic mass is 9.88. The molecular formula is C14H29NO. The van der Waals surface area contributed by atoms with E-state index < -0.39 is 0 Å². The van der Waals surface area contributed by atoms with Crippen LogP contribution >= 0.6 is 0 Å². The lowest BCUT2D eigenvalue weighted by molar-refractivity contribution is 0.0370. The van der Waals surface area contributed by atoms with E-state index in [2.05, 4.69) is 13.8 Å². The minimum Gasteiger partial charge on any atom is -0.378 e. The van der Waals surface area contributed by atoms with Crippen molar-refractivity contribution in [2.24, 2.45) is 11.1 Å². The Morgan fingerprint density at radius 1 is 1.12 bits per heavy atom. The van der Waals surface area contributed by atoms with Crippen molar-refractivity contribution in [2.45, 2.75) is 71.3 Å². The Bertz CT molecular complexity index is 172. The molecule has 1 aliphatic carbocycles. The fourth-order valence-electron chi connectivity index (χ4n) is 2.31. The first-order valence-corrected chi connectivity index (χ1v) is 6.96. The summed E-state index contributed by atoms with van der Waals surface area (Å²) in [7, 11) is 0. The lowest BCUT2D eigenvalue weighted by Crippen LogP contribution is -2.24. The van der Waals surface area contributed by atoms with E-state index in [1.165, 1.54) is 44.9 Å². The maximum Gasteiger partial charge on any atom is 0.0575 e. The second kappa shape index (κ2) is 7.29. The molecule has 0 bridgehead atoms. The Balaban J connectivity index is 2.05. The summed E-state index contributed by atoms with van der Waals surface area (Å²) in [6.07, 6.45) is 11.0. The van der Waals surface area contributed by atoms with Gasteiger partial charge in [-0.1, -0.05) is 39.5 Å². The average Bonchev–Trinajstić information content (AvgIpc) is 2.53. The molecule has 0 aromatic carbocycles. The summed E-state index contributed by atoms with van der Waals surface area (Å²) in [6.45, 7) is 6.17. The molecule has 0 radical (unpaired) electrons. The second-order valence-electron chi connectivity index (χ2n) is 5.96. The van der Waals surface area contributed by atoms with Crippen LogP contribution in [0.3, 0.4) is 0 Å². The topological polar surface area (TPSA) is 35.2 Å². The molecular weight excluding hydrogens is 198 g/mol. The summed E-state index contributed by atoms with van der Waals surface area (Å²) >= 11 is 0. The molecule has 1 saturated carbocycles. The predicted molar refractivity (Wildman–Crippen MR) is 69.5 cm³/mol. The Morgan fingerprint density at radius 2 is 1.75 bits per heavy atom. The standard InChI is InChI=1S/C14H29NO/c1-14(2,12-15)10-7-11-16-13-8-5-3-4-6-9-13/h13H,3-12,15H2,1-2H3. The second-order valence-corrected chi connectivity index (χ2v) is 5.96. The number of rotatable bonds is 6. The van der Waals surface area contributed by atoms with E-state index in [1.807, 2.05) is 0 Å². The van der Waals surface area contributed by atoms with Crippen LogP contribution < -0.4 is 5.73 Å². The molecule has 0 aromatic heterocycles. The molecule has 1 fully saturated rings. The molecule has 0 heterocycles. The fourth-order valence-corrected chi connectivity index (χ4v) is 2.31. The maximum atomic E-state index is 5.96. The Hall–Kier alpha value is -0.0800. The van der Waals surface area contributed by atoms with Crippen LogP contribution in [0.25, 0.3) is 0 Å². The van der Waals surface area contributed by atoms with E-state index in [9.17, 15) is 0 Å². The monoisotopic (exact) mass is 227 g/mol. The zero-order valence-corrected chi connectivity index (χ0v) is 11.1. The Morgan fingerprint density at radius 3 is 2.31 bits per heavy atom. The van der Waals surface area contributed by atoms with Crippen molar-refractivity contribution < 1.29 is 4.74 Å². The van der Waals surface area contributed by atoms with Crippen molar-refractivity contribution in [1.82, 2.24) is 0 Å². The summed E-state index contributed by atoms with van der Waals surface area (Å²) in [5.41, 5.74) is 6.00. The third kappa shape index (κ3) is 5.86. The van der Waals surface area contributed by atoms with Crippen LogP contribution in [0, 0.1) is 5.41 Å². The molecule has 1 rings (SSSR count). The van der Waals surface area contributed by atoms with E-state index in [1.54, 1.807) is 0 Å². The summed E-state index contributed by atoms with van der Waals surface area (Å²) in [5.74, 6) is 0. The highest BCUT2D eigenvalue weighted by molar-refractivity contribution is 4.69. The van der Waals surface area contributed by atoms with Crippen molar-refractivity contribution in [2.75, 3.05) is 13.2 Å². The van der Waals surface area contributed by atoms with Crippen LogP contribution in [0.5, 0.6) is 0 Å². The summed E-state index contributed by atoms with van der Waals surface area (Å²) < 4.78 is 5.96. The van der Waals surface area contributed by atoms with E-state index in [0.717, 1.165) is 19.6 Å². The minimum atomic E-state index is 0.285. The SMILES string of the molecule is CC(C)(CN)CCCOC1CCCCCC1. The van der Waals surface area contributed by atoms with Crippen LogP contribution in [0.4, 0.5) is 0 Å². The normalized spacial score (nSPS) is 19.7. The van der Waals surface area contributed by atoms with Crippen LogP contribution in [0.2, 0.25) is 0 Å². The van der Waals surface area contributed by atoms with Crippen LogP contribution in [0.1, 0.15) is 65.2 Å². The average molecular weight is 227 g/mol. The summed E-state index contributed by atoms with van der Waals surface area (Å²) in [6, 6.07) is 0. The molecule has 1 aliphatic rings. The third-order valence-electron chi connectivity index (χ3n) is 3.71. The van der Waals surface area contributed by atoms with E-state index in [4.69, 9.17) is 10.5 Å². The summed E-state index contributed by atoms with van der Waals surface area (Å²) in [4.78, 5) is 0. The highest BCUT2D eigenvalue weighted by Crippen LogP contribution is 2.22. The van der Waals surface area contributed by atoms with E-state index in [0.29, 0.717) is 6.10 Å². The minimum absolute atomic E-state index is 0.285. The molecule has 2 nitrogen and oxygen atoms in total. The first-order chi connectivity index (χ1) is 7.64. The van der Waals surface area contributed by atoms with Crippen molar-refractivity contribution in [3.05, 3.63) is 0 Å². The third-order valence-corrected chi connectivity index (χ3v) is 3.71. The quantitative estimate of drug-likeness (QED) is 0.557. The van der Waals surface area contributed by atoms with Gasteiger partial charge in [-0.3, -0.25) is 0 Å². The van der Waals surface area contributed by atoms with Gasteiger partial charge in [0.05, 0.1) is 6.10 Å². The van der Waals surface area contributed by atoms with E-state index >= 15 is 0 Å². The highest BCUT2D eigenvalue weighted by atomic mass is 16.5. The maximum absolute atomic E-state index is 5.96. The van der Waals surface area contributed by atoms with Gasteiger partial charge in [0.25, 0.3) is 0 Å². The van der Waals surface area contributed by atoms with Crippen LogP contribution in [0.15, 0.2) is 0 Å². The molecule has 0 atom stereocenters. The van der Waals surface area contributed by atoms with Crippen molar-refractivity contribution in [3.8, 4) is 0 Å². The Kier molecular flexibility index (Phi) is 6.37. The van der Waals surface area contributed by atoms with E-state index in [-0.39, 0.29) is 5.41 Å². The molecule has 2 heteroatoms. The number of hydrogen-bond donors (Lipinski definition) is 1. The van der Waals surface area contributed by atoms with Crippen molar-refractivity contribution in [3.63, 3.8) is 0 Å². The van der Waals surface area contributed by atoms with Crippen molar-refractivity contribution >= 4 is 0 Å². The molecule has 96 valence electrons. The van der Waals surface area contributed by atoms with Gasteiger partial charge in [-0.2, -0.15) is 0 Å². The Labute approximate surface area is 101 Å². The lowest BCUT2D eigenvalue weighted by Gasteiger charge is -2.23. The molecule has 0 saturated heterocycles. The van der Waals surface area contributed by atoms with Gasteiger partial charge in [0.1, 0.15) is 0 Å². The van der Waals surface area contributed by atoms with Gasteiger partial charge in [-0.15, -0.1) is 0 Å². The molecule has 0 aliphatic heterocycles. The van der Waals surface area contributed by atoms with Crippen LogP contribution in [-0.4, -0.2) is 19.3 Å². The molecule has 16 heavy (non-hydrogen) atoms. The molecule has 0 aromatic rings. The molecule has 0 amide bonds. The summed E-state index contributed by atoms with van der Waals surface area (Å²) in [5, 5.41) is 0. The van der Waals surface area contributed by atoms with Gasteiger partial charge < -0.3 is 10.5 Å². The smallest absolute Gasteiger partial charge is 0.0575 e. The molecule has 0 unspecified atom stereocenters. The van der Waals surface area contributed by atoms with Gasteiger partial charge in [-0.05, 0) is 37.6 Å². The predicted octanol–water partition coefficient (Wildman–Crippen LogP) is 3.49. The van der Waals surface area contributed by atoms with Gasteiger partial charge >= 0.3 is 0 Å². The molecule has 0 spiro atoms.